The van der Waals surface area contributed by atoms with Crippen LogP contribution in [-0.4, -0.2) is 38.3 Å². The van der Waals surface area contributed by atoms with E-state index in [0.29, 0.717) is 35.9 Å². The van der Waals surface area contributed by atoms with Crippen LogP contribution in [0.15, 0.2) is 52.3 Å². The fourth-order valence-corrected chi connectivity index (χ4v) is 5.00. The lowest BCUT2D eigenvalue weighted by molar-refractivity contribution is -0.116. The molecule has 9 heteroatoms. The third-order valence-electron chi connectivity index (χ3n) is 4.23. The van der Waals surface area contributed by atoms with E-state index in [4.69, 9.17) is 4.74 Å². The number of benzene rings is 2. The quantitative estimate of drug-likeness (QED) is 0.693. The number of para-hydroxylation sites is 2. The van der Waals surface area contributed by atoms with Gasteiger partial charge < -0.3 is 15.4 Å². The third-order valence-corrected chi connectivity index (χ3v) is 7.02. The van der Waals surface area contributed by atoms with E-state index in [0.717, 1.165) is 4.90 Å². The lowest BCUT2D eigenvalue weighted by Gasteiger charge is -2.12. The zero-order chi connectivity index (χ0) is 20.9. The summed E-state index contributed by atoms with van der Waals surface area (Å²) in [6.45, 7) is 2.29. The van der Waals surface area contributed by atoms with Crippen molar-refractivity contribution in [3.63, 3.8) is 0 Å². The number of hydrogen-bond acceptors (Lipinski definition) is 6. The highest BCUT2D eigenvalue weighted by molar-refractivity contribution is 7.99. The number of carbonyl (C=O) groups excluding carboxylic acids is 2. The molecule has 154 valence electrons. The van der Waals surface area contributed by atoms with E-state index in [1.54, 1.807) is 30.3 Å². The minimum Gasteiger partial charge on any atom is -0.492 e. The molecule has 0 saturated carbocycles. The van der Waals surface area contributed by atoms with Gasteiger partial charge in [0.2, 0.25) is 11.8 Å². The average molecular weight is 435 g/mol. The molecule has 0 saturated heterocycles. The summed E-state index contributed by atoms with van der Waals surface area (Å²) in [5.74, 6) is 0.284. The first-order valence-electron chi connectivity index (χ1n) is 9.20. The van der Waals surface area contributed by atoms with Crippen LogP contribution in [0.4, 0.5) is 11.4 Å². The Morgan fingerprint density at radius 1 is 1.24 bits per heavy atom. The molecular weight excluding hydrogens is 412 g/mol. The predicted octanol–water partition coefficient (Wildman–Crippen LogP) is 3.32. The number of sulfone groups is 1. The highest BCUT2D eigenvalue weighted by Crippen LogP contribution is 2.33. The Kier molecular flexibility index (Phi) is 6.81. The van der Waals surface area contributed by atoms with E-state index in [1.807, 2.05) is 6.92 Å². The molecule has 2 aromatic carbocycles. The van der Waals surface area contributed by atoms with Crippen LogP contribution in [0.1, 0.15) is 19.8 Å². The number of thioether (sulfide) groups is 1. The van der Waals surface area contributed by atoms with Crippen LogP contribution in [-0.2, 0) is 19.4 Å². The van der Waals surface area contributed by atoms with Crippen LogP contribution in [0.2, 0.25) is 0 Å². The number of amides is 2. The van der Waals surface area contributed by atoms with Crippen LogP contribution in [0, 0.1) is 0 Å². The molecule has 3 rings (SSSR count). The fourth-order valence-electron chi connectivity index (χ4n) is 2.80. The normalized spacial score (nSPS) is 13.8. The summed E-state index contributed by atoms with van der Waals surface area (Å²) in [7, 11) is -3.68. The maximum Gasteiger partial charge on any atom is 0.225 e. The first kappa shape index (κ1) is 21.2. The molecule has 2 aromatic rings. The molecule has 2 amide bonds. The van der Waals surface area contributed by atoms with Crippen molar-refractivity contribution in [1.82, 2.24) is 0 Å². The number of hydrogen-bond donors (Lipinski definition) is 2. The Morgan fingerprint density at radius 2 is 2.03 bits per heavy atom. The molecule has 29 heavy (non-hydrogen) atoms. The van der Waals surface area contributed by atoms with E-state index in [1.165, 1.54) is 23.9 Å². The second kappa shape index (κ2) is 9.32. The van der Waals surface area contributed by atoms with Gasteiger partial charge in [0.1, 0.15) is 5.75 Å². The van der Waals surface area contributed by atoms with Gasteiger partial charge in [-0.05, 0) is 37.3 Å². The van der Waals surface area contributed by atoms with E-state index in [9.17, 15) is 18.0 Å². The van der Waals surface area contributed by atoms with Crippen LogP contribution >= 0.6 is 11.8 Å². The molecule has 1 heterocycles. The molecule has 2 N–H and O–H groups in total. The van der Waals surface area contributed by atoms with Crippen molar-refractivity contribution in [2.24, 2.45) is 0 Å². The summed E-state index contributed by atoms with van der Waals surface area (Å²) in [6, 6.07) is 11.7. The van der Waals surface area contributed by atoms with E-state index in [-0.39, 0.29) is 23.0 Å². The van der Waals surface area contributed by atoms with Crippen LogP contribution in [0.5, 0.6) is 5.75 Å². The number of ether oxygens (including phenoxy) is 1. The molecule has 0 unspecified atom stereocenters. The Morgan fingerprint density at radius 3 is 2.83 bits per heavy atom. The molecule has 0 radical (unpaired) electrons. The first-order chi connectivity index (χ1) is 13.9. The summed E-state index contributed by atoms with van der Waals surface area (Å²) in [4.78, 5) is 24.9. The molecule has 0 spiro atoms. The van der Waals surface area contributed by atoms with Gasteiger partial charge in [-0.25, -0.2) is 8.42 Å². The maximum absolute atomic E-state index is 12.7. The van der Waals surface area contributed by atoms with Crippen molar-refractivity contribution < 1.29 is 22.7 Å². The lowest BCUT2D eigenvalue weighted by Crippen LogP contribution is -2.18. The number of anilines is 2. The summed E-state index contributed by atoms with van der Waals surface area (Å²) >= 11 is 1.50. The van der Waals surface area contributed by atoms with E-state index >= 15 is 0 Å². The summed E-state index contributed by atoms with van der Waals surface area (Å²) in [5, 5.41) is 5.43. The highest BCUT2D eigenvalue weighted by atomic mass is 32.2. The van der Waals surface area contributed by atoms with Gasteiger partial charge >= 0.3 is 0 Å². The molecule has 0 aliphatic carbocycles. The second-order valence-electron chi connectivity index (χ2n) is 6.35. The third kappa shape index (κ3) is 5.51. The zero-order valence-corrected chi connectivity index (χ0v) is 17.6. The monoisotopic (exact) mass is 434 g/mol. The summed E-state index contributed by atoms with van der Waals surface area (Å²) in [6.07, 6.45) is 0.186. The van der Waals surface area contributed by atoms with Crippen molar-refractivity contribution in [2.75, 3.05) is 28.7 Å². The predicted molar refractivity (Wildman–Crippen MR) is 113 cm³/mol. The second-order valence-corrected chi connectivity index (χ2v) is 9.60. The van der Waals surface area contributed by atoms with Crippen LogP contribution in [0.25, 0.3) is 0 Å². The van der Waals surface area contributed by atoms with Gasteiger partial charge in [0.05, 0.1) is 28.6 Å². The number of rotatable bonds is 7. The van der Waals surface area contributed by atoms with Gasteiger partial charge in [0, 0.05) is 23.5 Å². The van der Waals surface area contributed by atoms with Crippen molar-refractivity contribution in [3.8, 4) is 5.75 Å². The molecule has 1 aliphatic rings. The number of fused-ring (bicyclic) bond motifs is 1. The Bertz CT molecular complexity index is 1020. The molecule has 0 fully saturated rings. The van der Waals surface area contributed by atoms with Gasteiger partial charge in [-0.15, -0.1) is 11.8 Å². The Hall–Kier alpha value is -2.52. The van der Waals surface area contributed by atoms with Crippen molar-refractivity contribution in [3.05, 3.63) is 42.5 Å². The topological polar surface area (TPSA) is 102 Å². The van der Waals surface area contributed by atoms with E-state index in [2.05, 4.69) is 10.6 Å². The summed E-state index contributed by atoms with van der Waals surface area (Å²) in [5.41, 5.74) is 0.996. The smallest absolute Gasteiger partial charge is 0.225 e. The minimum atomic E-state index is -3.68. The Labute approximate surface area is 174 Å². The molecular formula is C20H22N2O5S2. The largest absolute Gasteiger partial charge is 0.492 e. The highest BCUT2D eigenvalue weighted by Gasteiger charge is 2.21. The maximum atomic E-state index is 12.7. The first-order valence-corrected chi connectivity index (χ1v) is 11.8. The van der Waals surface area contributed by atoms with Gasteiger partial charge in [0.25, 0.3) is 0 Å². The van der Waals surface area contributed by atoms with Crippen molar-refractivity contribution in [2.45, 2.75) is 29.6 Å². The number of carbonyl (C=O) groups is 2. The van der Waals surface area contributed by atoms with Crippen LogP contribution in [0.3, 0.4) is 0 Å². The average Bonchev–Trinajstić information content (AvgIpc) is 2.88. The molecule has 0 atom stereocenters. The Balaban J connectivity index is 1.67. The molecule has 7 nitrogen and oxygen atoms in total. The molecule has 0 aromatic heterocycles. The number of nitrogens with one attached hydrogen (secondary N) is 2. The van der Waals surface area contributed by atoms with Crippen molar-refractivity contribution in [1.29, 1.82) is 0 Å². The lowest BCUT2D eigenvalue weighted by atomic mass is 10.3. The van der Waals surface area contributed by atoms with Gasteiger partial charge in [-0.3, -0.25) is 9.59 Å². The molecule has 0 bridgehead atoms. The SMILES string of the molecule is CCOc1ccccc1NC(=O)CCS(=O)(=O)c1ccc2c(c1)NC(=O)CCS2. The van der Waals surface area contributed by atoms with Crippen molar-refractivity contribution >= 4 is 44.8 Å². The summed E-state index contributed by atoms with van der Waals surface area (Å²) < 4.78 is 30.8. The van der Waals surface area contributed by atoms with Gasteiger partial charge in [0.15, 0.2) is 9.84 Å². The standard InChI is InChI=1S/C20H22N2O5S2/c1-2-27-17-6-4-3-5-15(17)21-20(24)10-12-29(25,26)14-7-8-18-16(13-14)22-19(23)9-11-28-18/h3-8,13H,2,9-12H2,1H3,(H,21,24)(H,22,23). The molecule has 1 aliphatic heterocycles. The fraction of sp³-hybridized carbons (Fsp3) is 0.300. The van der Waals surface area contributed by atoms with E-state index < -0.39 is 15.7 Å². The zero-order valence-electron chi connectivity index (χ0n) is 15.9. The van der Waals surface area contributed by atoms with Gasteiger partial charge in [-0.1, -0.05) is 12.1 Å². The van der Waals surface area contributed by atoms with Gasteiger partial charge in [-0.2, -0.15) is 0 Å². The minimum absolute atomic E-state index is 0.0848. The van der Waals surface area contributed by atoms with Crippen LogP contribution < -0.4 is 15.4 Å².